The maximum absolute atomic E-state index is 12.9. The quantitative estimate of drug-likeness (QED) is 0.615. The van der Waals surface area contributed by atoms with Crippen molar-refractivity contribution in [2.75, 3.05) is 18.0 Å². The van der Waals surface area contributed by atoms with E-state index in [1.54, 1.807) is 42.5 Å². The first-order valence-electron chi connectivity index (χ1n) is 8.73. The minimum Gasteiger partial charge on any atom is -0.442 e. The Balaban J connectivity index is 1.63. The van der Waals surface area contributed by atoms with E-state index in [2.05, 4.69) is 5.32 Å². The van der Waals surface area contributed by atoms with Crippen LogP contribution >= 0.6 is 0 Å². The molecule has 7 heteroatoms. The highest BCUT2D eigenvalue weighted by molar-refractivity contribution is 6.07. The number of nitrogens with zero attached hydrogens (tertiary/aromatic N) is 1. The van der Waals surface area contributed by atoms with Gasteiger partial charge in [0.05, 0.1) is 13.1 Å². The zero-order chi connectivity index (χ0) is 20.1. The zero-order valence-corrected chi connectivity index (χ0v) is 15.2. The second kappa shape index (κ2) is 8.47. The second-order valence-electron chi connectivity index (χ2n) is 6.35. The number of benzene rings is 2. The largest absolute Gasteiger partial charge is 0.442 e. The van der Waals surface area contributed by atoms with E-state index in [-0.39, 0.29) is 24.1 Å². The fourth-order valence-corrected chi connectivity index (χ4v) is 2.74. The lowest BCUT2D eigenvalue weighted by Crippen LogP contribution is -2.33. The highest BCUT2D eigenvalue weighted by Gasteiger charge is 2.32. The van der Waals surface area contributed by atoms with Crippen molar-refractivity contribution in [2.24, 2.45) is 0 Å². The molecule has 2 aromatic rings. The molecule has 3 rings (SSSR count). The summed E-state index contributed by atoms with van der Waals surface area (Å²) >= 11 is 0. The number of amides is 2. The summed E-state index contributed by atoms with van der Waals surface area (Å²) in [6.45, 7) is 1.97. The summed E-state index contributed by atoms with van der Waals surface area (Å²) < 4.78 is 18.1. The van der Waals surface area contributed by atoms with Gasteiger partial charge in [-0.05, 0) is 48.0 Å². The van der Waals surface area contributed by atoms with Crippen molar-refractivity contribution in [1.82, 2.24) is 5.32 Å². The van der Waals surface area contributed by atoms with Crippen molar-refractivity contribution in [3.8, 4) is 0 Å². The second-order valence-corrected chi connectivity index (χ2v) is 6.35. The minimum absolute atomic E-state index is 0.189. The molecule has 2 amide bonds. The molecule has 0 saturated carbocycles. The molecule has 2 aromatic carbocycles. The predicted octanol–water partition coefficient (Wildman–Crippen LogP) is 3.18. The molecule has 1 saturated heterocycles. The Bertz CT molecular complexity index is 907. The highest BCUT2D eigenvalue weighted by Crippen LogP contribution is 2.22. The van der Waals surface area contributed by atoms with E-state index < -0.39 is 12.2 Å². The summed E-state index contributed by atoms with van der Waals surface area (Å²) in [6, 6.07) is 12.4. The van der Waals surface area contributed by atoms with Gasteiger partial charge in [-0.1, -0.05) is 18.2 Å². The van der Waals surface area contributed by atoms with Gasteiger partial charge in [-0.25, -0.2) is 9.18 Å². The maximum Gasteiger partial charge on any atom is 0.414 e. The lowest BCUT2D eigenvalue weighted by atomic mass is 10.1. The summed E-state index contributed by atoms with van der Waals surface area (Å²) in [4.78, 5) is 36.7. The Kier molecular flexibility index (Phi) is 5.84. The fourth-order valence-electron chi connectivity index (χ4n) is 2.74. The maximum atomic E-state index is 12.9. The molecular weight excluding hydrogens is 363 g/mol. The normalized spacial score (nSPS) is 16.3. The molecule has 0 aromatic heterocycles. The number of anilines is 1. The van der Waals surface area contributed by atoms with Crippen LogP contribution in [0.1, 0.15) is 22.8 Å². The topological polar surface area (TPSA) is 75.7 Å². The summed E-state index contributed by atoms with van der Waals surface area (Å²) in [5, 5.41) is 2.62. The average molecular weight is 382 g/mol. The Hall–Kier alpha value is -3.48. The van der Waals surface area contributed by atoms with Gasteiger partial charge in [-0.2, -0.15) is 0 Å². The van der Waals surface area contributed by atoms with E-state index in [0.717, 1.165) is 5.56 Å². The van der Waals surface area contributed by atoms with Crippen LogP contribution in [0, 0.1) is 5.82 Å². The van der Waals surface area contributed by atoms with E-state index in [0.29, 0.717) is 17.8 Å². The van der Waals surface area contributed by atoms with Crippen molar-refractivity contribution in [3.05, 3.63) is 71.6 Å². The Morgan fingerprint density at radius 2 is 1.86 bits per heavy atom. The Morgan fingerprint density at radius 3 is 2.50 bits per heavy atom. The van der Waals surface area contributed by atoms with Crippen molar-refractivity contribution in [2.45, 2.75) is 13.0 Å². The standard InChI is InChI=1S/C21H19FN2O4/c1-14(25)23-12-19-13-24(21(27)28-19)18-9-5-16(6-10-18)20(26)11-4-15-2-7-17(22)8-3-15/h2-11,19H,12-13H2,1H3,(H,23,25)/b11-4+/t19-/m0/s1. The number of carbonyl (C=O) groups is 3. The number of allylic oxidation sites excluding steroid dienone is 1. The molecule has 0 bridgehead atoms. The number of ketones is 1. The van der Waals surface area contributed by atoms with Crippen LogP contribution < -0.4 is 10.2 Å². The predicted molar refractivity (Wildman–Crippen MR) is 103 cm³/mol. The first kappa shape index (κ1) is 19.3. The van der Waals surface area contributed by atoms with Crippen molar-refractivity contribution in [1.29, 1.82) is 0 Å². The van der Waals surface area contributed by atoms with Gasteiger partial charge in [0.15, 0.2) is 5.78 Å². The van der Waals surface area contributed by atoms with Crippen LogP contribution in [0.2, 0.25) is 0 Å². The average Bonchev–Trinajstić information content (AvgIpc) is 3.06. The summed E-state index contributed by atoms with van der Waals surface area (Å²) in [6.07, 6.45) is 2.11. The summed E-state index contributed by atoms with van der Waals surface area (Å²) in [5.74, 6) is -0.728. The van der Waals surface area contributed by atoms with Crippen LogP contribution in [0.25, 0.3) is 6.08 Å². The number of nitrogens with one attached hydrogen (secondary N) is 1. The number of ether oxygens (including phenoxy) is 1. The van der Waals surface area contributed by atoms with E-state index in [1.807, 2.05) is 0 Å². The molecule has 0 unspecified atom stereocenters. The van der Waals surface area contributed by atoms with Crippen molar-refractivity contribution < 1.29 is 23.5 Å². The van der Waals surface area contributed by atoms with Crippen LogP contribution in [0.4, 0.5) is 14.9 Å². The van der Waals surface area contributed by atoms with Gasteiger partial charge in [0.1, 0.15) is 11.9 Å². The number of hydrogen-bond donors (Lipinski definition) is 1. The molecule has 28 heavy (non-hydrogen) atoms. The van der Waals surface area contributed by atoms with E-state index in [4.69, 9.17) is 4.74 Å². The van der Waals surface area contributed by atoms with E-state index >= 15 is 0 Å². The number of rotatable bonds is 6. The lowest BCUT2D eigenvalue weighted by Gasteiger charge is -2.13. The molecule has 1 heterocycles. The molecule has 0 radical (unpaired) electrons. The van der Waals surface area contributed by atoms with Gasteiger partial charge in [-0.3, -0.25) is 14.5 Å². The number of halogens is 1. The minimum atomic E-state index is -0.495. The molecule has 6 nitrogen and oxygen atoms in total. The first-order chi connectivity index (χ1) is 13.4. The van der Waals surface area contributed by atoms with Crippen LogP contribution in [0.15, 0.2) is 54.6 Å². The van der Waals surface area contributed by atoms with E-state index in [9.17, 15) is 18.8 Å². The Morgan fingerprint density at radius 1 is 1.18 bits per heavy atom. The van der Waals surface area contributed by atoms with Gasteiger partial charge < -0.3 is 10.1 Å². The molecule has 1 fully saturated rings. The van der Waals surface area contributed by atoms with Crippen LogP contribution in [-0.2, 0) is 9.53 Å². The first-order valence-corrected chi connectivity index (χ1v) is 8.73. The number of cyclic esters (lactones) is 1. The van der Waals surface area contributed by atoms with Gasteiger partial charge in [0, 0.05) is 18.2 Å². The third-order valence-corrected chi connectivity index (χ3v) is 4.21. The highest BCUT2D eigenvalue weighted by atomic mass is 19.1. The third-order valence-electron chi connectivity index (χ3n) is 4.21. The zero-order valence-electron chi connectivity index (χ0n) is 15.2. The lowest BCUT2D eigenvalue weighted by molar-refractivity contribution is -0.119. The molecular formula is C21H19FN2O4. The van der Waals surface area contributed by atoms with Gasteiger partial charge >= 0.3 is 6.09 Å². The van der Waals surface area contributed by atoms with Crippen LogP contribution in [0.5, 0.6) is 0 Å². The van der Waals surface area contributed by atoms with Gasteiger partial charge in [0.25, 0.3) is 0 Å². The molecule has 144 valence electrons. The molecule has 1 N–H and O–H groups in total. The van der Waals surface area contributed by atoms with E-state index in [1.165, 1.54) is 30.0 Å². The molecule has 0 aliphatic carbocycles. The molecule has 0 spiro atoms. The summed E-state index contributed by atoms with van der Waals surface area (Å²) in [5.41, 5.74) is 1.79. The Labute approximate surface area is 161 Å². The smallest absolute Gasteiger partial charge is 0.414 e. The van der Waals surface area contributed by atoms with Crippen molar-refractivity contribution >= 4 is 29.5 Å². The van der Waals surface area contributed by atoms with Crippen LogP contribution in [-0.4, -0.2) is 37.0 Å². The molecule has 1 aliphatic rings. The van der Waals surface area contributed by atoms with Gasteiger partial charge in [-0.15, -0.1) is 0 Å². The fraction of sp³-hybridized carbons (Fsp3) is 0.190. The number of carbonyl (C=O) groups excluding carboxylic acids is 3. The monoisotopic (exact) mass is 382 g/mol. The number of hydrogen-bond acceptors (Lipinski definition) is 4. The summed E-state index contributed by atoms with van der Waals surface area (Å²) in [7, 11) is 0. The van der Waals surface area contributed by atoms with Crippen molar-refractivity contribution in [3.63, 3.8) is 0 Å². The molecule has 1 atom stereocenters. The van der Waals surface area contributed by atoms with Crippen LogP contribution in [0.3, 0.4) is 0 Å². The third kappa shape index (κ3) is 4.82. The molecule has 1 aliphatic heterocycles. The SMILES string of the molecule is CC(=O)NC[C@H]1CN(c2ccc(C(=O)/C=C/c3ccc(F)cc3)cc2)C(=O)O1. The van der Waals surface area contributed by atoms with Gasteiger partial charge in [0.2, 0.25) is 5.91 Å².